The number of pyridine rings is 1. The molecule has 0 aliphatic rings. The summed E-state index contributed by atoms with van der Waals surface area (Å²) in [6.07, 6.45) is 1.55. The largest absolute Gasteiger partial charge is 0.368 e. The van der Waals surface area contributed by atoms with Crippen LogP contribution in [0.3, 0.4) is 0 Å². The Hall–Kier alpha value is -1.78. The molecule has 0 radical (unpaired) electrons. The van der Waals surface area contributed by atoms with Gasteiger partial charge in [0.2, 0.25) is 5.69 Å². The van der Waals surface area contributed by atoms with Gasteiger partial charge in [0.25, 0.3) is 0 Å². The fourth-order valence-electron chi connectivity index (χ4n) is 1.86. The van der Waals surface area contributed by atoms with E-state index in [1.807, 2.05) is 24.9 Å². The van der Waals surface area contributed by atoms with Gasteiger partial charge in [-0.2, -0.15) is 5.26 Å². The van der Waals surface area contributed by atoms with Crippen LogP contribution in [0.5, 0.6) is 0 Å². The molecule has 0 atom stereocenters. The minimum absolute atomic E-state index is 0.180. The first-order valence-electron chi connectivity index (χ1n) is 5.81. The Labute approximate surface area is 113 Å². The quantitative estimate of drug-likeness (QED) is 0.615. The average molecular weight is 263 g/mol. The maximum atomic E-state index is 9.09. The lowest BCUT2D eigenvalue weighted by molar-refractivity contribution is 0.838. The number of aromatic nitrogens is 1. The van der Waals surface area contributed by atoms with Gasteiger partial charge in [-0.25, -0.2) is 9.83 Å². The highest BCUT2D eigenvalue weighted by Crippen LogP contribution is 2.36. The minimum Gasteiger partial charge on any atom is -0.368 e. The van der Waals surface area contributed by atoms with Gasteiger partial charge in [-0.1, -0.05) is 25.4 Å². The van der Waals surface area contributed by atoms with Gasteiger partial charge < -0.3 is 4.90 Å². The van der Waals surface area contributed by atoms with Crippen molar-refractivity contribution in [3.8, 4) is 6.07 Å². The van der Waals surface area contributed by atoms with Gasteiger partial charge in [-0.3, -0.25) is 0 Å². The van der Waals surface area contributed by atoms with Crippen LogP contribution in [-0.2, 0) is 6.42 Å². The number of rotatable bonds is 4. The second-order valence-corrected chi connectivity index (χ2v) is 4.29. The van der Waals surface area contributed by atoms with E-state index < -0.39 is 0 Å². The number of hydrogen-bond donors (Lipinski definition) is 0. The van der Waals surface area contributed by atoms with E-state index in [2.05, 4.69) is 16.8 Å². The van der Waals surface area contributed by atoms with Gasteiger partial charge in [-0.15, -0.1) is 0 Å². The van der Waals surface area contributed by atoms with Crippen molar-refractivity contribution in [2.75, 3.05) is 18.5 Å². The minimum atomic E-state index is 0.180. The smallest absolute Gasteiger partial charge is 0.232 e. The Kier molecular flexibility index (Phi) is 4.95. The van der Waals surface area contributed by atoms with Crippen LogP contribution in [0.1, 0.15) is 31.4 Å². The summed E-state index contributed by atoms with van der Waals surface area (Å²) >= 11 is 6.02. The van der Waals surface area contributed by atoms with Crippen LogP contribution in [0.4, 0.5) is 11.5 Å². The highest BCUT2D eigenvalue weighted by atomic mass is 35.5. The van der Waals surface area contributed by atoms with E-state index in [4.69, 9.17) is 23.4 Å². The fourth-order valence-corrected chi connectivity index (χ4v) is 2.10. The van der Waals surface area contributed by atoms with E-state index in [-0.39, 0.29) is 5.15 Å². The van der Waals surface area contributed by atoms with Crippen molar-refractivity contribution in [3.63, 3.8) is 0 Å². The van der Waals surface area contributed by atoms with Crippen molar-refractivity contribution in [1.29, 1.82) is 5.26 Å². The molecule has 1 aromatic heterocycles. The first-order chi connectivity index (χ1) is 8.60. The Morgan fingerprint density at radius 1 is 1.50 bits per heavy atom. The van der Waals surface area contributed by atoms with Gasteiger partial charge in [0.05, 0.1) is 12.1 Å². The molecule has 1 rings (SSSR count). The second kappa shape index (κ2) is 6.23. The van der Waals surface area contributed by atoms with Crippen molar-refractivity contribution in [2.24, 2.45) is 0 Å². The zero-order chi connectivity index (χ0) is 13.7. The molecule has 0 fully saturated rings. The Morgan fingerprint density at radius 2 is 2.17 bits per heavy atom. The highest BCUT2D eigenvalue weighted by molar-refractivity contribution is 6.31. The first-order valence-corrected chi connectivity index (χ1v) is 6.19. The average Bonchev–Trinajstić information content (AvgIpc) is 2.37. The van der Waals surface area contributed by atoms with Crippen LogP contribution >= 0.6 is 11.6 Å². The summed E-state index contributed by atoms with van der Waals surface area (Å²) in [5, 5.41) is 9.27. The van der Waals surface area contributed by atoms with E-state index in [9.17, 15) is 0 Å². The van der Waals surface area contributed by atoms with Crippen LogP contribution in [0, 0.1) is 17.9 Å². The second-order valence-electron chi connectivity index (χ2n) is 3.93. The van der Waals surface area contributed by atoms with Crippen molar-refractivity contribution in [3.05, 3.63) is 27.7 Å². The predicted octanol–water partition coefficient (Wildman–Crippen LogP) is 3.57. The maximum absolute atomic E-state index is 9.09. The molecule has 0 aromatic carbocycles. The van der Waals surface area contributed by atoms with Crippen molar-refractivity contribution >= 4 is 23.1 Å². The van der Waals surface area contributed by atoms with E-state index in [0.717, 1.165) is 13.0 Å². The van der Waals surface area contributed by atoms with Crippen LogP contribution < -0.4 is 4.90 Å². The van der Waals surface area contributed by atoms with Crippen molar-refractivity contribution < 1.29 is 0 Å². The number of nitriles is 1. The third-order valence-electron chi connectivity index (χ3n) is 2.71. The van der Waals surface area contributed by atoms with Gasteiger partial charge >= 0.3 is 0 Å². The summed E-state index contributed by atoms with van der Waals surface area (Å²) in [5.41, 5.74) is 1.44. The van der Waals surface area contributed by atoms with Gasteiger partial charge in [0.15, 0.2) is 0 Å². The summed E-state index contributed by atoms with van der Waals surface area (Å²) in [7, 11) is 1.88. The van der Waals surface area contributed by atoms with Crippen LogP contribution in [0.2, 0.25) is 5.15 Å². The fraction of sp³-hybridized carbons (Fsp3) is 0.462. The molecule has 0 unspecified atom stereocenters. The third-order valence-corrected chi connectivity index (χ3v) is 2.98. The van der Waals surface area contributed by atoms with E-state index in [1.54, 1.807) is 0 Å². The third kappa shape index (κ3) is 2.55. The molecule has 0 spiro atoms. The number of halogens is 1. The predicted molar refractivity (Wildman–Crippen MR) is 73.2 cm³/mol. The van der Waals surface area contributed by atoms with Crippen molar-refractivity contribution in [2.45, 2.75) is 26.7 Å². The molecule has 1 aromatic rings. The summed E-state index contributed by atoms with van der Waals surface area (Å²) in [6.45, 7) is 12.1. The van der Waals surface area contributed by atoms with Gasteiger partial charge in [-0.05, 0) is 18.4 Å². The first kappa shape index (κ1) is 14.3. The highest BCUT2D eigenvalue weighted by Gasteiger charge is 2.19. The number of anilines is 1. The summed E-state index contributed by atoms with van der Waals surface area (Å²) in [4.78, 5) is 9.63. The molecule has 18 heavy (non-hydrogen) atoms. The Bertz CT molecular complexity index is 525. The molecule has 0 amide bonds. The molecule has 0 aliphatic carbocycles. The zero-order valence-corrected chi connectivity index (χ0v) is 11.5. The maximum Gasteiger partial charge on any atom is 0.232 e. The topological polar surface area (TPSA) is 44.3 Å². The van der Waals surface area contributed by atoms with Crippen molar-refractivity contribution in [1.82, 2.24) is 4.98 Å². The Morgan fingerprint density at radius 3 is 2.61 bits per heavy atom. The lowest BCUT2D eigenvalue weighted by atomic mass is 10.1. The molecule has 94 valence electrons. The van der Waals surface area contributed by atoms with E-state index in [1.165, 1.54) is 0 Å². The zero-order valence-electron chi connectivity index (χ0n) is 10.8. The summed E-state index contributed by atoms with van der Waals surface area (Å²) in [5.74, 6) is 0.563. The van der Waals surface area contributed by atoms with E-state index >= 15 is 0 Å². The molecule has 0 saturated heterocycles. The molecular weight excluding hydrogens is 248 g/mol. The lowest BCUT2D eigenvalue weighted by Gasteiger charge is -2.21. The van der Waals surface area contributed by atoms with Crippen LogP contribution in [0.15, 0.2) is 0 Å². The molecular formula is C13H15ClN4. The monoisotopic (exact) mass is 262 g/mol. The molecule has 4 nitrogen and oxygen atoms in total. The van der Waals surface area contributed by atoms with Crippen LogP contribution in [0.25, 0.3) is 4.85 Å². The SMILES string of the molecule is [C-]#[N+]c1c(N(C)CCC)nc(Cl)c(C#N)c1CC. The van der Waals surface area contributed by atoms with Gasteiger partial charge in [0, 0.05) is 13.6 Å². The molecule has 1 heterocycles. The molecule has 5 heteroatoms. The molecule has 0 bridgehead atoms. The standard InChI is InChI=1S/C13H15ClN4/c1-5-7-18(4)13-11(16-3)9(6-2)10(8-15)12(14)17-13/h5-7H2,1-2,4H3. The summed E-state index contributed by atoms with van der Waals surface area (Å²) in [6, 6.07) is 2.03. The molecule has 0 saturated carbocycles. The Balaban J connectivity index is 3.51. The van der Waals surface area contributed by atoms with Gasteiger partial charge in [0.1, 0.15) is 17.0 Å². The van der Waals surface area contributed by atoms with Crippen LogP contribution in [-0.4, -0.2) is 18.6 Å². The normalized spacial score (nSPS) is 9.67. The molecule has 0 aliphatic heterocycles. The number of nitrogens with zero attached hydrogens (tertiary/aromatic N) is 4. The lowest BCUT2D eigenvalue weighted by Crippen LogP contribution is -2.20. The number of hydrogen-bond acceptors (Lipinski definition) is 3. The summed E-state index contributed by atoms with van der Waals surface area (Å²) < 4.78 is 0. The van der Waals surface area contributed by atoms with E-state index in [0.29, 0.717) is 29.1 Å². The molecule has 0 N–H and O–H groups in total.